The standard InChI is InChI=1S/C22H17ClFN5O2S/c1-4-13-7-18(30)27-11-15(9-17(24)19(27)26-13)29-21(32)28(20(31)22(29,2)3)14-6-5-12(10-25)16(23)8-14/h5-9,11H,4H2,1-3H3. The number of thiocarbonyl (C=S) groups is 1. The van der Waals surface area contributed by atoms with Gasteiger partial charge in [-0.3, -0.25) is 18.9 Å². The SMILES string of the molecule is CCc1cc(=O)n2cc(N3C(=S)N(c4ccc(C#N)c(Cl)c4)C(=O)C3(C)C)cc(F)c2n1. The van der Waals surface area contributed by atoms with Crippen LogP contribution < -0.4 is 15.4 Å². The Hall–Kier alpha value is -3.35. The maximum atomic E-state index is 15.0. The van der Waals surface area contributed by atoms with Crippen LogP contribution in [0, 0.1) is 17.1 Å². The Morgan fingerprint density at radius 2 is 1.94 bits per heavy atom. The number of anilines is 2. The molecule has 1 aromatic carbocycles. The number of pyridine rings is 1. The van der Waals surface area contributed by atoms with Crippen LogP contribution in [0.5, 0.6) is 0 Å². The number of carbonyl (C=O) groups excluding carboxylic acids is 1. The summed E-state index contributed by atoms with van der Waals surface area (Å²) >= 11 is 11.7. The van der Waals surface area contributed by atoms with E-state index in [1.54, 1.807) is 19.9 Å². The van der Waals surface area contributed by atoms with E-state index in [0.29, 0.717) is 17.8 Å². The van der Waals surface area contributed by atoms with Gasteiger partial charge in [-0.05, 0) is 50.7 Å². The predicted molar refractivity (Wildman–Crippen MR) is 124 cm³/mol. The van der Waals surface area contributed by atoms with E-state index in [0.717, 1.165) is 4.40 Å². The van der Waals surface area contributed by atoms with Crippen LogP contribution in [0.3, 0.4) is 0 Å². The van der Waals surface area contributed by atoms with Crippen LogP contribution in [-0.4, -0.2) is 25.9 Å². The maximum Gasteiger partial charge on any atom is 0.259 e. The second kappa shape index (κ2) is 7.65. The van der Waals surface area contributed by atoms with Gasteiger partial charge in [-0.1, -0.05) is 18.5 Å². The Morgan fingerprint density at radius 3 is 2.56 bits per heavy atom. The van der Waals surface area contributed by atoms with E-state index in [4.69, 9.17) is 29.1 Å². The normalized spacial score (nSPS) is 15.5. The number of benzene rings is 1. The Morgan fingerprint density at radius 1 is 1.22 bits per heavy atom. The quantitative estimate of drug-likeness (QED) is 0.542. The molecule has 0 bridgehead atoms. The number of carbonyl (C=O) groups is 1. The van der Waals surface area contributed by atoms with Crippen molar-refractivity contribution >= 4 is 51.9 Å². The fourth-order valence-electron chi connectivity index (χ4n) is 3.69. The second-order valence-electron chi connectivity index (χ2n) is 7.77. The predicted octanol–water partition coefficient (Wildman–Crippen LogP) is 3.84. The summed E-state index contributed by atoms with van der Waals surface area (Å²) in [5.74, 6) is -1.07. The van der Waals surface area contributed by atoms with Gasteiger partial charge >= 0.3 is 0 Å². The number of nitrogens with zero attached hydrogens (tertiary/aromatic N) is 5. The molecule has 162 valence electrons. The van der Waals surface area contributed by atoms with Crippen LogP contribution in [-0.2, 0) is 11.2 Å². The molecule has 1 amide bonds. The average Bonchev–Trinajstić information content (AvgIpc) is 2.92. The van der Waals surface area contributed by atoms with Crippen LogP contribution >= 0.6 is 23.8 Å². The molecule has 3 aromatic rings. The maximum absolute atomic E-state index is 15.0. The van der Waals surface area contributed by atoms with Gasteiger partial charge in [0, 0.05) is 24.0 Å². The fourth-order valence-corrected chi connectivity index (χ4v) is 4.43. The van der Waals surface area contributed by atoms with Gasteiger partial charge in [0.1, 0.15) is 11.6 Å². The molecule has 0 radical (unpaired) electrons. The lowest BCUT2D eigenvalue weighted by Crippen LogP contribution is -2.44. The number of aryl methyl sites for hydroxylation is 1. The van der Waals surface area contributed by atoms with Crippen molar-refractivity contribution in [1.82, 2.24) is 9.38 Å². The van der Waals surface area contributed by atoms with Gasteiger partial charge in [0.15, 0.2) is 16.6 Å². The first-order valence-corrected chi connectivity index (χ1v) is 10.5. The van der Waals surface area contributed by atoms with Crippen LogP contribution in [0.25, 0.3) is 5.65 Å². The molecule has 1 saturated heterocycles. The number of fused-ring (bicyclic) bond motifs is 1. The first-order chi connectivity index (χ1) is 15.1. The largest absolute Gasteiger partial charge is 0.302 e. The monoisotopic (exact) mass is 469 g/mol. The number of aromatic nitrogens is 2. The second-order valence-corrected chi connectivity index (χ2v) is 8.54. The van der Waals surface area contributed by atoms with E-state index in [-0.39, 0.29) is 32.9 Å². The first-order valence-electron chi connectivity index (χ1n) is 9.70. The summed E-state index contributed by atoms with van der Waals surface area (Å²) < 4.78 is 16.1. The van der Waals surface area contributed by atoms with Crippen molar-refractivity contribution in [2.75, 3.05) is 9.80 Å². The summed E-state index contributed by atoms with van der Waals surface area (Å²) in [6.07, 6.45) is 1.91. The number of hydrogen-bond donors (Lipinski definition) is 0. The van der Waals surface area contributed by atoms with Gasteiger partial charge in [0.25, 0.3) is 11.5 Å². The van der Waals surface area contributed by atoms with Crippen molar-refractivity contribution < 1.29 is 9.18 Å². The number of nitriles is 1. The van der Waals surface area contributed by atoms with Crippen LogP contribution in [0.15, 0.2) is 41.3 Å². The molecule has 0 N–H and O–H groups in total. The third kappa shape index (κ3) is 3.23. The van der Waals surface area contributed by atoms with Crippen LogP contribution in [0.4, 0.5) is 15.8 Å². The lowest BCUT2D eigenvalue weighted by atomic mass is 10.0. The molecule has 1 aliphatic heterocycles. The molecule has 4 rings (SSSR count). The third-order valence-electron chi connectivity index (χ3n) is 5.37. The molecule has 10 heteroatoms. The van der Waals surface area contributed by atoms with E-state index in [1.807, 2.05) is 13.0 Å². The summed E-state index contributed by atoms with van der Waals surface area (Å²) in [6, 6.07) is 9.06. The molecule has 0 saturated carbocycles. The third-order valence-corrected chi connectivity index (χ3v) is 6.05. The highest BCUT2D eigenvalue weighted by molar-refractivity contribution is 7.81. The molecular formula is C22H17ClFN5O2S. The molecule has 0 unspecified atom stereocenters. The number of rotatable bonds is 3. The summed E-state index contributed by atoms with van der Waals surface area (Å²) in [6.45, 7) is 5.12. The number of halogens is 2. The highest BCUT2D eigenvalue weighted by atomic mass is 35.5. The van der Waals surface area contributed by atoms with E-state index in [1.165, 1.54) is 40.3 Å². The highest BCUT2D eigenvalue weighted by Gasteiger charge is 2.50. The van der Waals surface area contributed by atoms with E-state index >= 15 is 0 Å². The lowest BCUT2D eigenvalue weighted by Gasteiger charge is -2.29. The molecule has 1 fully saturated rings. The Labute approximate surface area is 193 Å². The van der Waals surface area contributed by atoms with Gasteiger partial charge in [-0.2, -0.15) is 5.26 Å². The zero-order valence-electron chi connectivity index (χ0n) is 17.4. The Balaban J connectivity index is 1.86. The van der Waals surface area contributed by atoms with Gasteiger partial charge in [-0.15, -0.1) is 0 Å². The van der Waals surface area contributed by atoms with E-state index in [2.05, 4.69) is 4.98 Å². The summed E-state index contributed by atoms with van der Waals surface area (Å²) in [5, 5.41) is 9.37. The van der Waals surface area contributed by atoms with Gasteiger partial charge < -0.3 is 4.90 Å². The van der Waals surface area contributed by atoms with Crippen molar-refractivity contribution in [2.45, 2.75) is 32.7 Å². The van der Waals surface area contributed by atoms with Crippen LogP contribution in [0.1, 0.15) is 32.0 Å². The molecule has 0 atom stereocenters. The highest BCUT2D eigenvalue weighted by Crippen LogP contribution is 2.37. The molecule has 3 heterocycles. The first kappa shape index (κ1) is 21.9. The molecule has 0 spiro atoms. The zero-order chi connectivity index (χ0) is 23.4. The van der Waals surface area contributed by atoms with Crippen molar-refractivity contribution in [2.24, 2.45) is 0 Å². The number of amides is 1. The minimum Gasteiger partial charge on any atom is -0.302 e. The Kier molecular flexibility index (Phi) is 5.23. The summed E-state index contributed by atoms with van der Waals surface area (Å²) in [5.41, 5.74) is -0.351. The van der Waals surface area contributed by atoms with Gasteiger partial charge in [0.05, 0.1) is 22.0 Å². The molecule has 7 nitrogen and oxygen atoms in total. The van der Waals surface area contributed by atoms with Crippen molar-refractivity contribution in [1.29, 1.82) is 5.26 Å². The summed E-state index contributed by atoms with van der Waals surface area (Å²) in [4.78, 5) is 32.8. The smallest absolute Gasteiger partial charge is 0.259 e. The number of hydrogen-bond acceptors (Lipinski definition) is 5. The molecular weight excluding hydrogens is 453 g/mol. The van der Waals surface area contributed by atoms with Crippen molar-refractivity contribution in [3.8, 4) is 6.07 Å². The van der Waals surface area contributed by atoms with Gasteiger partial charge in [0.2, 0.25) is 0 Å². The van der Waals surface area contributed by atoms with Crippen molar-refractivity contribution in [3.05, 3.63) is 69.0 Å². The fraction of sp³-hybridized carbons (Fsp3) is 0.227. The zero-order valence-corrected chi connectivity index (χ0v) is 19.0. The van der Waals surface area contributed by atoms with Crippen molar-refractivity contribution in [3.63, 3.8) is 0 Å². The van der Waals surface area contributed by atoms with E-state index in [9.17, 15) is 14.0 Å². The minimum absolute atomic E-state index is 0.0886. The molecule has 32 heavy (non-hydrogen) atoms. The van der Waals surface area contributed by atoms with Crippen LogP contribution in [0.2, 0.25) is 5.02 Å². The topological polar surface area (TPSA) is 81.7 Å². The van der Waals surface area contributed by atoms with Gasteiger partial charge in [-0.25, -0.2) is 9.37 Å². The summed E-state index contributed by atoms with van der Waals surface area (Å²) in [7, 11) is 0. The molecule has 1 aliphatic rings. The molecule has 0 aliphatic carbocycles. The van der Waals surface area contributed by atoms with E-state index < -0.39 is 16.9 Å². The lowest BCUT2D eigenvalue weighted by molar-refractivity contribution is -0.120. The average molecular weight is 470 g/mol. The molecule has 2 aromatic heterocycles. The minimum atomic E-state index is -1.18. The Bertz CT molecular complexity index is 1410.